The number of carboxylic acids is 1. The van der Waals surface area contributed by atoms with Gasteiger partial charge in [0.1, 0.15) is 5.82 Å². The van der Waals surface area contributed by atoms with Gasteiger partial charge < -0.3 is 10.4 Å². The van der Waals surface area contributed by atoms with Crippen LogP contribution in [0.1, 0.15) is 31.8 Å². The second-order valence-electron chi connectivity index (χ2n) is 7.04. The van der Waals surface area contributed by atoms with E-state index in [0.717, 1.165) is 11.1 Å². The molecule has 0 spiro atoms. The van der Waals surface area contributed by atoms with E-state index in [1.807, 2.05) is 0 Å². The number of halogens is 1. The zero-order chi connectivity index (χ0) is 22.5. The van der Waals surface area contributed by atoms with Crippen LogP contribution in [0.5, 0.6) is 0 Å². The smallest absolute Gasteiger partial charge is 0.335 e. The third kappa shape index (κ3) is 5.01. The molecule has 0 radical (unpaired) electrons. The van der Waals surface area contributed by atoms with E-state index in [1.165, 1.54) is 29.1 Å². The van der Waals surface area contributed by atoms with Gasteiger partial charge in [-0.1, -0.05) is 36.4 Å². The second-order valence-corrected chi connectivity index (χ2v) is 7.04. The fourth-order valence-corrected chi connectivity index (χ4v) is 3.03. The summed E-state index contributed by atoms with van der Waals surface area (Å²) in [6, 6.07) is 19.2. The minimum absolute atomic E-state index is 0.188. The summed E-state index contributed by atoms with van der Waals surface area (Å²) in [4.78, 5) is 24.9. The van der Waals surface area contributed by atoms with Crippen molar-refractivity contribution in [3.8, 4) is 11.4 Å². The molecule has 9 heteroatoms. The summed E-state index contributed by atoms with van der Waals surface area (Å²) in [7, 11) is 0. The quantitative estimate of drug-likeness (QED) is 0.465. The molecule has 4 aromatic rings. The van der Waals surface area contributed by atoms with Crippen LogP contribution in [0.3, 0.4) is 0 Å². The fraction of sp³-hybridized carbons (Fsp3) is 0.0870. The maximum atomic E-state index is 13.0. The van der Waals surface area contributed by atoms with Gasteiger partial charge in [-0.15, -0.1) is 10.2 Å². The van der Waals surface area contributed by atoms with E-state index in [-0.39, 0.29) is 23.8 Å². The molecule has 0 fully saturated rings. The van der Waals surface area contributed by atoms with E-state index in [0.29, 0.717) is 23.5 Å². The predicted octanol–water partition coefficient (Wildman–Crippen LogP) is 3.16. The van der Waals surface area contributed by atoms with Gasteiger partial charge in [-0.05, 0) is 52.7 Å². The standard InChI is InChI=1S/C23H18FN5O3/c24-20-10-6-16(7-11-20)14-29-27-21(26-28-29)18-2-1-3-19(12-18)22(30)25-13-15-4-8-17(9-5-15)23(31)32/h1-12H,13-14H2,(H,25,30)(H,31,32). The largest absolute Gasteiger partial charge is 0.478 e. The molecule has 0 aliphatic heterocycles. The van der Waals surface area contributed by atoms with Gasteiger partial charge in [-0.25, -0.2) is 9.18 Å². The molecule has 1 amide bonds. The monoisotopic (exact) mass is 431 g/mol. The highest BCUT2D eigenvalue weighted by molar-refractivity contribution is 5.95. The molecule has 8 nitrogen and oxygen atoms in total. The van der Waals surface area contributed by atoms with Crippen molar-refractivity contribution in [1.29, 1.82) is 0 Å². The van der Waals surface area contributed by atoms with Crippen molar-refractivity contribution in [2.45, 2.75) is 13.1 Å². The third-order valence-electron chi connectivity index (χ3n) is 4.73. The highest BCUT2D eigenvalue weighted by atomic mass is 19.1. The Morgan fingerprint density at radius 2 is 1.66 bits per heavy atom. The van der Waals surface area contributed by atoms with Crippen LogP contribution in [0, 0.1) is 5.82 Å². The van der Waals surface area contributed by atoms with Crippen LogP contribution < -0.4 is 5.32 Å². The summed E-state index contributed by atoms with van der Waals surface area (Å²) in [5.74, 6) is -1.23. The van der Waals surface area contributed by atoms with Crippen LogP contribution in [0.4, 0.5) is 4.39 Å². The molecule has 32 heavy (non-hydrogen) atoms. The number of tetrazole rings is 1. The lowest BCUT2D eigenvalue weighted by Crippen LogP contribution is -2.22. The minimum atomic E-state index is -0.999. The molecule has 2 N–H and O–H groups in total. The lowest BCUT2D eigenvalue weighted by atomic mass is 10.1. The number of amides is 1. The number of carbonyl (C=O) groups is 2. The number of aromatic carboxylic acids is 1. The number of nitrogens with zero attached hydrogens (tertiary/aromatic N) is 4. The van der Waals surface area contributed by atoms with Gasteiger partial charge in [0.05, 0.1) is 12.1 Å². The van der Waals surface area contributed by atoms with Gasteiger partial charge in [-0.2, -0.15) is 4.80 Å². The Labute approximate surface area is 182 Å². The molecule has 1 aromatic heterocycles. The molecule has 0 aliphatic rings. The van der Waals surface area contributed by atoms with Gasteiger partial charge >= 0.3 is 5.97 Å². The molecular weight excluding hydrogens is 413 g/mol. The Morgan fingerprint density at radius 3 is 2.38 bits per heavy atom. The number of hydrogen-bond donors (Lipinski definition) is 2. The molecule has 0 atom stereocenters. The summed E-state index contributed by atoms with van der Waals surface area (Å²) in [5, 5.41) is 24.2. The van der Waals surface area contributed by atoms with Crippen molar-refractivity contribution >= 4 is 11.9 Å². The van der Waals surface area contributed by atoms with Gasteiger partial charge in [-0.3, -0.25) is 4.79 Å². The summed E-state index contributed by atoms with van der Waals surface area (Å²) >= 11 is 0. The van der Waals surface area contributed by atoms with E-state index in [1.54, 1.807) is 48.5 Å². The Morgan fingerprint density at radius 1 is 0.938 bits per heavy atom. The van der Waals surface area contributed by atoms with E-state index in [9.17, 15) is 14.0 Å². The average molecular weight is 431 g/mol. The van der Waals surface area contributed by atoms with E-state index in [4.69, 9.17) is 5.11 Å². The molecule has 0 saturated heterocycles. The van der Waals surface area contributed by atoms with Crippen molar-refractivity contribution in [3.05, 3.63) is 101 Å². The Hall–Kier alpha value is -4.40. The van der Waals surface area contributed by atoms with Crippen LogP contribution >= 0.6 is 0 Å². The van der Waals surface area contributed by atoms with Crippen molar-refractivity contribution < 1.29 is 19.1 Å². The second kappa shape index (κ2) is 9.17. The Kier molecular flexibility index (Phi) is 5.98. The first-order valence-electron chi connectivity index (χ1n) is 9.71. The molecule has 4 rings (SSSR count). The van der Waals surface area contributed by atoms with Crippen molar-refractivity contribution in [2.75, 3.05) is 0 Å². The zero-order valence-electron chi connectivity index (χ0n) is 16.8. The fourth-order valence-electron chi connectivity index (χ4n) is 3.03. The van der Waals surface area contributed by atoms with Gasteiger partial charge in [0.25, 0.3) is 5.91 Å². The number of rotatable bonds is 7. The van der Waals surface area contributed by atoms with E-state index < -0.39 is 5.97 Å². The van der Waals surface area contributed by atoms with Crippen LogP contribution in [0.25, 0.3) is 11.4 Å². The average Bonchev–Trinajstić information content (AvgIpc) is 3.28. The van der Waals surface area contributed by atoms with E-state index >= 15 is 0 Å². The maximum Gasteiger partial charge on any atom is 0.335 e. The number of carboxylic acid groups (broad SMARTS) is 1. The summed E-state index contributed by atoms with van der Waals surface area (Å²) in [5.41, 5.74) is 2.87. The van der Waals surface area contributed by atoms with Crippen LogP contribution in [-0.2, 0) is 13.1 Å². The summed E-state index contributed by atoms with van der Waals surface area (Å²) < 4.78 is 13.0. The lowest BCUT2D eigenvalue weighted by molar-refractivity contribution is 0.0696. The Bertz CT molecular complexity index is 1250. The molecule has 0 bridgehead atoms. The molecule has 1 heterocycles. The first-order valence-corrected chi connectivity index (χ1v) is 9.71. The SMILES string of the molecule is O=C(O)c1ccc(CNC(=O)c2cccc(-c3nnn(Cc4ccc(F)cc4)n3)c2)cc1. The molecule has 0 unspecified atom stereocenters. The highest BCUT2D eigenvalue weighted by Gasteiger charge is 2.11. The molecular formula is C23H18FN5O3. The Balaban J connectivity index is 1.41. The van der Waals surface area contributed by atoms with Crippen molar-refractivity contribution in [2.24, 2.45) is 0 Å². The first-order chi connectivity index (χ1) is 15.5. The lowest BCUT2D eigenvalue weighted by Gasteiger charge is -2.07. The van der Waals surface area contributed by atoms with Gasteiger partial charge in [0.15, 0.2) is 0 Å². The molecule has 3 aromatic carbocycles. The van der Waals surface area contributed by atoms with E-state index in [2.05, 4.69) is 20.7 Å². The number of benzene rings is 3. The molecule has 0 saturated carbocycles. The summed E-state index contributed by atoms with van der Waals surface area (Å²) in [6.07, 6.45) is 0. The number of carbonyl (C=O) groups excluding carboxylic acids is 1. The number of nitrogens with one attached hydrogen (secondary N) is 1. The van der Waals surface area contributed by atoms with Crippen molar-refractivity contribution in [1.82, 2.24) is 25.5 Å². The maximum absolute atomic E-state index is 13.0. The molecule has 160 valence electrons. The first kappa shape index (κ1) is 20.9. The third-order valence-corrected chi connectivity index (χ3v) is 4.73. The molecule has 0 aliphatic carbocycles. The number of hydrogen-bond acceptors (Lipinski definition) is 5. The minimum Gasteiger partial charge on any atom is -0.478 e. The topological polar surface area (TPSA) is 110 Å². The summed E-state index contributed by atoms with van der Waals surface area (Å²) in [6.45, 7) is 0.600. The number of aromatic nitrogens is 4. The highest BCUT2D eigenvalue weighted by Crippen LogP contribution is 2.16. The van der Waals surface area contributed by atoms with Gasteiger partial charge in [0, 0.05) is 17.7 Å². The van der Waals surface area contributed by atoms with Crippen LogP contribution in [0.15, 0.2) is 72.8 Å². The van der Waals surface area contributed by atoms with Crippen LogP contribution in [0.2, 0.25) is 0 Å². The normalized spacial score (nSPS) is 10.7. The van der Waals surface area contributed by atoms with Gasteiger partial charge in [0.2, 0.25) is 5.82 Å². The predicted molar refractivity (Wildman–Crippen MR) is 113 cm³/mol. The zero-order valence-corrected chi connectivity index (χ0v) is 16.8. The van der Waals surface area contributed by atoms with Crippen molar-refractivity contribution in [3.63, 3.8) is 0 Å². The van der Waals surface area contributed by atoms with Crippen LogP contribution in [-0.4, -0.2) is 37.2 Å².